The first kappa shape index (κ1) is 19.9. The van der Waals surface area contributed by atoms with Crippen LogP contribution < -0.4 is 11.1 Å². The summed E-state index contributed by atoms with van der Waals surface area (Å²) in [6.07, 6.45) is 4.92. The fraction of sp³-hybridized carbons (Fsp3) is 0.360. The van der Waals surface area contributed by atoms with Gasteiger partial charge in [-0.15, -0.1) is 0 Å². The van der Waals surface area contributed by atoms with E-state index in [2.05, 4.69) is 39.7 Å². The van der Waals surface area contributed by atoms with Gasteiger partial charge >= 0.3 is 0 Å². The molecule has 8 heteroatoms. The van der Waals surface area contributed by atoms with Gasteiger partial charge in [0.15, 0.2) is 5.78 Å². The molecule has 2 fully saturated rings. The molecule has 0 amide bonds. The highest BCUT2D eigenvalue weighted by Gasteiger charge is 2.27. The largest absolute Gasteiger partial charge is 0.383 e. The Morgan fingerprint density at radius 1 is 1.21 bits per heavy atom. The Hall–Kier alpha value is -3.70. The molecule has 3 aromatic heterocycles. The van der Waals surface area contributed by atoms with E-state index in [1.54, 1.807) is 13.1 Å². The van der Waals surface area contributed by atoms with Crippen LogP contribution in [0.4, 0.5) is 5.82 Å². The van der Waals surface area contributed by atoms with Crippen molar-refractivity contribution in [1.82, 2.24) is 29.6 Å². The third-order valence-electron chi connectivity index (χ3n) is 6.62. The van der Waals surface area contributed by atoms with Gasteiger partial charge in [0, 0.05) is 24.3 Å². The van der Waals surface area contributed by atoms with E-state index in [1.807, 2.05) is 16.8 Å². The van der Waals surface area contributed by atoms with Crippen LogP contribution in [0.25, 0.3) is 21.9 Å². The zero-order valence-corrected chi connectivity index (χ0v) is 18.7. The van der Waals surface area contributed by atoms with Crippen molar-refractivity contribution < 1.29 is 4.79 Å². The van der Waals surface area contributed by atoms with Gasteiger partial charge in [0.2, 0.25) is 0 Å². The van der Waals surface area contributed by atoms with E-state index in [0.29, 0.717) is 28.5 Å². The number of nitrogens with two attached hydrogens (primary N) is 1. The number of fused-ring (bicyclic) bond motifs is 2. The Morgan fingerprint density at radius 2 is 2.06 bits per heavy atom. The standard InChI is InChI=1S/C25H25N7O/c1-14(33)19-13-28-25(26)23-20(30-32(24(19)23)18-9-10-27-12-18)7-3-16-4-8-22-21(11-16)29-15(2)31(22)17-5-6-17/h4,8,11,13,17-18,27H,5-6,9-10,12H2,1-2H3,(H2,26,28). The van der Waals surface area contributed by atoms with Crippen LogP contribution in [-0.2, 0) is 0 Å². The highest BCUT2D eigenvalue weighted by Crippen LogP contribution is 2.38. The highest BCUT2D eigenvalue weighted by molar-refractivity contribution is 6.09. The minimum absolute atomic E-state index is 0.0637. The number of pyridine rings is 1. The number of benzene rings is 1. The van der Waals surface area contributed by atoms with Gasteiger partial charge in [0.1, 0.15) is 17.3 Å². The van der Waals surface area contributed by atoms with Gasteiger partial charge in [0.05, 0.1) is 33.5 Å². The topological polar surface area (TPSA) is 104 Å². The maximum atomic E-state index is 12.4. The summed E-state index contributed by atoms with van der Waals surface area (Å²) in [6.45, 7) is 5.31. The SMILES string of the molecule is CC(=O)c1cnc(N)c2c(C#Cc3ccc4c(c3)nc(C)n4C3CC3)nn(C3CCNC3)c12. The quantitative estimate of drug-likeness (QED) is 0.375. The first-order valence-corrected chi connectivity index (χ1v) is 11.4. The summed E-state index contributed by atoms with van der Waals surface area (Å²) in [7, 11) is 0. The number of anilines is 1. The lowest BCUT2D eigenvalue weighted by Crippen LogP contribution is -2.15. The van der Waals surface area contributed by atoms with E-state index in [0.717, 1.165) is 47.4 Å². The van der Waals surface area contributed by atoms with Crippen LogP contribution in [0, 0.1) is 18.8 Å². The monoisotopic (exact) mass is 439 g/mol. The number of nitrogens with zero attached hydrogens (tertiary/aromatic N) is 5. The number of hydrogen-bond acceptors (Lipinski definition) is 6. The normalized spacial score (nSPS) is 18.1. The maximum Gasteiger partial charge on any atom is 0.163 e. The number of rotatable bonds is 3. The summed E-state index contributed by atoms with van der Waals surface area (Å²) >= 11 is 0. The Balaban J connectivity index is 1.48. The predicted molar refractivity (Wildman–Crippen MR) is 127 cm³/mol. The lowest BCUT2D eigenvalue weighted by atomic mass is 10.1. The lowest BCUT2D eigenvalue weighted by Gasteiger charge is -2.12. The molecule has 4 aromatic rings. The molecule has 1 atom stereocenters. The average molecular weight is 440 g/mol. The molecule has 8 nitrogen and oxygen atoms in total. The second-order valence-corrected chi connectivity index (χ2v) is 8.99. The van der Waals surface area contributed by atoms with Gasteiger partial charge in [-0.05, 0) is 63.8 Å². The molecule has 0 spiro atoms. The van der Waals surface area contributed by atoms with E-state index < -0.39 is 0 Å². The van der Waals surface area contributed by atoms with Crippen molar-refractivity contribution in [3.05, 3.63) is 47.0 Å². The number of aryl methyl sites for hydroxylation is 1. The fourth-order valence-corrected chi connectivity index (χ4v) is 4.87. The summed E-state index contributed by atoms with van der Waals surface area (Å²) in [5, 5.41) is 8.83. The molecular formula is C25H25N7O. The first-order valence-electron chi connectivity index (χ1n) is 11.4. The van der Waals surface area contributed by atoms with Crippen molar-refractivity contribution >= 4 is 33.5 Å². The smallest absolute Gasteiger partial charge is 0.163 e. The zero-order chi connectivity index (χ0) is 22.7. The number of ketones is 1. The molecule has 3 N–H and O–H groups in total. The second kappa shape index (κ2) is 7.42. The van der Waals surface area contributed by atoms with E-state index >= 15 is 0 Å². The van der Waals surface area contributed by atoms with Crippen LogP contribution in [0.1, 0.15) is 65.7 Å². The molecule has 0 bridgehead atoms. The van der Waals surface area contributed by atoms with E-state index in [9.17, 15) is 4.79 Å². The zero-order valence-electron chi connectivity index (χ0n) is 18.7. The number of hydrogen-bond donors (Lipinski definition) is 2. The highest BCUT2D eigenvalue weighted by atomic mass is 16.1. The molecule has 1 saturated heterocycles. The minimum Gasteiger partial charge on any atom is -0.383 e. The average Bonchev–Trinajstić information content (AvgIpc) is 3.20. The van der Waals surface area contributed by atoms with Crippen LogP contribution in [0.3, 0.4) is 0 Å². The number of nitrogen functional groups attached to an aromatic ring is 1. The summed E-state index contributed by atoms with van der Waals surface area (Å²) < 4.78 is 4.24. The number of aromatic nitrogens is 5. The van der Waals surface area contributed by atoms with Crippen molar-refractivity contribution in [1.29, 1.82) is 0 Å². The molecule has 1 aromatic carbocycles. The Kier molecular flexibility index (Phi) is 4.49. The molecule has 1 aliphatic heterocycles. The molecule has 2 aliphatic rings. The van der Waals surface area contributed by atoms with Crippen molar-refractivity contribution in [3.8, 4) is 11.8 Å². The van der Waals surface area contributed by atoms with Crippen molar-refractivity contribution in [2.45, 2.75) is 45.2 Å². The molecule has 166 valence electrons. The van der Waals surface area contributed by atoms with Crippen molar-refractivity contribution in [3.63, 3.8) is 0 Å². The lowest BCUT2D eigenvalue weighted by molar-refractivity contribution is 0.101. The van der Waals surface area contributed by atoms with Gasteiger partial charge in [0.25, 0.3) is 0 Å². The van der Waals surface area contributed by atoms with Crippen LogP contribution in [0.15, 0.2) is 24.4 Å². The number of carbonyl (C=O) groups excluding carboxylic acids is 1. The van der Waals surface area contributed by atoms with E-state index in [4.69, 9.17) is 15.8 Å². The summed E-state index contributed by atoms with van der Waals surface area (Å²) in [6, 6.07) is 6.88. The van der Waals surface area contributed by atoms with Crippen molar-refractivity contribution in [2.24, 2.45) is 0 Å². The summed E-state index contributed by atoms with van der Waals surface area (Å²) in [4.78, 5) is 21.4. The molecule has 6 rings (SSSR count). The molecular weight excluding hydrogens is 414 g/mol. The molecule has 1 unspecified atom stereocenters. The predicted octanol–water partition coefficient (Wildman–Crippen LogP) is 3.14. The molecule has 33 heavy (non-hydrogen) atoms. The number of carbonyl (C=O) groups is 1. The van der Waals surface area contributed by atoms with Gasteiger partial charge < -0.3 is 15.6 Å². The van der Waals surface area contributed by atoms with Crippen LogP contribution in [0.5, 0.6) is 0 Å². The molecule has 0 radical (unpaired) electrons. The van der Waals surface area contributed by atoms with Crippen LogP contribution in [-0.4, -0.2) is 43.2 Å². The summed E-state index contributed by atoms with van der Waals surface area (Å²) in [5.41, 5.74) is 11.0. The number of imidazole rings is 1. The number of nitrogens with one attached hydrogen (secondary N) is 1. The first-order chi connectivity index (χ1) is 16.0. The van der Waals surface area contributed by atoms with E-state index in [1.165, 1.54) is 12.8 Å². The van der Waals surface area contributed by atoms with Gasteiger partial charge in [-0.1, -0.05) is 5.92 Å². The number of Topliss-reactive ketones (excluding diaryl/α,β-unsaturated/α-hetero) is 1. The van der Waals surface area contributed by atoms with Gasteiger partial charge in [-0.25, -0.2) is 9.97 Å². The van der Waals surface area contributed by atoms with Crippen LogP contribution >= 0.6 is 0 Å². The van der Waals surface area contributed by atoms with Gasteiger partial charge in [-0.2, -0.15) is 5.10 Å². The van der Waals surface area contributed by atoms with Crippen molar-refractivity contribution in [2.75, 3.05) is 18.8 Å². The fourth-order valence-electron chi connectivity index (χ4n) is 4.87. The maximum absolute atomic E-state index is 12.4. The van der Waals surface area contributed by atoms with Gasteiger partial charge in [-0.3, -0.25) is 9.48 Å². The second-order valence-electron chi connectivity index (χ2n) is 8.99. The molecule has 1 saturated carbocycles. The minimum atomic E-state index is -0.0637. The van der Waals surface area contributed by atoms with E-state index in [-0.39, 0.29) is 11.8 Å². The Labute approximate surface area is 191 Å². The Bertz CT molecular complexity index is 1490. The Morgan fingerprint density at radius 3 is 2.79 bits per heavy atom. The molecule has 1 aliphatic carbocycles. The third-order valence-corrected chi connectivity index (χ3v) is 6.62. The third kappa shape index (κ3) is 3.28. The summed E-state index contributed by atoms with van der Waals surface area (Å²) in [5.74, 6) is 7.77. The van der Waals surface area contributed by atoms with Crippen LogP contribution in [0.2, 0.25) is 0 Å². The molecule has 4 heterocycles.